The van der Waals surface area contributed by atoms with Crippen LogP contribution in [0.2, 0.25) is 5.02 Å². The molecule has 0 saturated heterocycles. The van der Waals surface area contributed by atoms with E-state index in [1.807, 2.05) is 0 Å². The van der Waals surface area contributed by atoms with Crippen molar-refractivity contribution >= 4 is 40.9 Å². The summed E-state index contributed by atoms with van der Waals surface area (Å²) in [6, 6.07) is 6.80. The molecule has 1 aromatic heterocycles. The van der Waals surface area contributed by atoms with Gasteiger partial charge in [-0.2, -0.15) is 0 Å². The van der Waals surface area contributed by atoms with Crippen LogP contribution in [0, 0.1) is 0 Å². The average Bonchev–Trinajstić information content (AvgIpc) is 2.93. The van der Waals surface area contributed by atoms with Crippen molar-refractivity contribution in [3.8, 4) is 0 Å². The molecule has 0 saturated carbocycles. The summed E-state index contributed by atoms with van der Waals surface area (Å²) < 4.78 is 0. The van der Waals surface area contributed by atoms with Crippen LogP contribution in [0.3, 0.4) is 0 Å². The van der Waals surface area contributed by atoms with Gasteiger partial charge in [-0.05, 0) is 24.3 Å². The first-order valence-corrected chi connectivity index (χ1v) is 7.70. The predicted molar refractivity (Wildman–Crippen MR) is 83.1 cm³/mol. The molecule has 1 amide bonds. The number of hydrogen-bond acceptors (Lipinski definition) is 5. The Morgan fingerprint density at radius 1 is 1.32 bits per heavy atom. The van der Waals surface area contributed by atoms with Crippen LogP contribution in [-0.2, 0) is 16.0 Å². The Balaban J connectivity index is 1.78. The summed E-state index contributed by atoms with van der Waals surface area (Å²) >= 11 is 6.93. The lowest BCUT2D eigenvalue weighted by molar-refractivity contribution is -0.137. The molecule has 0 aliphatic carbocycles. The first-order valence-electron chi connectivity index (χ1n) is 6.34. The molecule has 22 heavy (non-hydrogen) atoms. The lowest BCUT2D eigenvalue weighted by Crippen LogP contribution is -2.13. The molecule has 1 aromatic carbocycles. The van der Waals surface area contributed by atoms with Gasteiger partial charge < -0.3 is 10.4 Å². The van der Waals surface area contributed by atoms with Crippen molar-refractivity contribution in [3.05, 3.63) is 35.1 Å². The molecule has 2 aromatic rings. The van der Waals surface area contributed by atoms with Gasteiger partial charge in [0.1, 0.15) is 5.82 Å². The Bertz CT molecular complexity index is 660. The van der Waals surface area contributed by atoms with Gasteiger partial charge in [-0.15, -0.1) is 5.10 Å². The van der Waals surface area contributed by atoms with Crippen molar-refractivity contribution in [1.29, 1.82) is 0 Å². The van der Waals surface area contributed by atoms with Gasteiger partial charge in [0.2, 0.25) is 11.1 Å². The summed E-state index contributed by atoms with van der Waals surface area (Å²) in [5.74, 6) is -0.445. The van der Waals surface area contributed by atoms with Crippen molar-refractivity contribution in [1.82, 2.24) is 15.2 Å². The van der Waals surface area contributed by atoms with E-state index in [-0.39, 0.29) is 24.5 Å². The van der Waals surface area contributed by atoms with Crippen LogP contribution in [0.5, 0.6) is 0 Å². The summed E-state index contributed by atoms with van der Waals surface area (Å²) in [7, 11) is 0. The summed E-state index contributed by atoms with van der Waals surface area (Å²) in [4.78, 5) is 26.4. The maximum Gasteiger partial charge on any atom is 0.303 e. The van der Waals surface area contributed by atoms with Gasteiger partial charge in [0, 0.05) is 17.1 Å². The second-order valence-electron chi connectivity index (χ2n) is 4.30. The highest BCUT2D eigenvalue weighted by Crippen LogP contribution is 2.16. The van der Waals surface area contributed by atoms with Gasteiger partial charge >= 0.3 is 5.97 Å². The SMILES string of the molecule is O=C(O)CCc1nc(SCC(=O)Nc2ccc(Cl)cc2)n[nH]1. The number of carbonyl (C=O) groups excluding carboxylic acids is 1. The summed E-state index contributed by atoms with van der Waals surface area (Å²) in [5, 5.41) is 18.9. The van der Waals surface area contributed by atoms with Gasteiger partial charge in [0.15, 0.2) is 0 Å². The van der Waals surface area contributed by atoms with Crippen LogP contribution in [-0.4, -0.2) is 37.9 Å². The predicted octanol–water partition coefficient (Wildman–Crippen LogP) is 2.21. The first-order chi connectivity index (χ1) is 10.5. The van der Waals surface area contributed by atoms with Gasteiger partial charge in [0.25, 0.3) is 0 Å². The number of nitrogens with one attached hydrogen (secondary N) is 2. The quantitative estimate of drug-likeness (QED) is 0.667. The van der Waals surface area contributed by atoms with Crippen LogP contribution in [0.4, 0.5) is 5.69 Å². The van der Waals surface area contributed by atoms with Crippen molar-refractivity contribution < 1.29 is 14.7 Å². The number of benzene rings is 1. The monoisotopic (exact) mass is 340 g/mol. The molecular formula is C13H13ClN4O3S. The molecule has 0 fully saturated rings. The number of aromatic amines is 1. The third-order valence-electron chi connectivity index (χ3n) is 2.55. The molecule has 3 N–H and O–H groups in total. The Kier molecular flexibility index (Phi) is 5.79. The number of H-pyrrole nitrogens is 1. The molecule has 0 aliphatic heterocycles. The molecule has 0 aliphatic rings. The number of thioether (sulfide) groups is 1. The number of carbonyl (C=O) groups is 2. The minimum absolute atomic E-state index is 0.0175. The molecule has 0 radical (unpaired) electrons. The smallest absolute Gasteiger partial charge is 0.303 e. The molecule has 116 valence electrons. The largest absolute Gasteiger partial charge is 0.481 e. The zero-order valence-electron chi connectivity index (χ0n) is 11.4. The lowest BCUT2D eigenvalue weighted by atomic mass is 10.3. The number of halogens is 1. The number of anilines is 1. The van der Waals surface area contributed by atoms with Crippen molar-refractivity contribution in [2.24, 2.45) is 0 Å². The molecule has 0 atom stereocenters. The minimum atomic E-state index is -0.895. The normalized spacial score (nSPS) is 10.4. The van der Waals surface area contributed by atoms with E-state index in [1.165, 1.54) is 11.8 Å². The van der Waals surface area contributed by atoms with Crippen LogP contribution < -0.4 is 5.32 Å². The van der Waals surface area contributed by atoms with Crippen LogP contribution >= 0.6 is 23.4 Å². The molecule has 0 bridgehead atoms. The third-order valence-corrected chi connectivity index (χ3v) is 3.65. The number of rotatable bonds is 7. The molecule has 0 unspecified atom stereocenters. The van der Waals surface area contributed by atoms with E-state index >= 15 is 0 Å². The number of hydrogen-bond donors (Lipinski definition) is 3. The maximum absolute atomic E-state index is 11.8. The van der Waals surface area contributed by atoms with Gasteiger partial charge in [0.05, 0.1) is 12.2 Å². The zero-order chi connectivity index (χ0) is 15.9. The van der Waals surface area contributed by atoms with E-state index in [0.29, 0.717) is 21.7 Å². The highest BCUT2D eigenvalue weighted by Gasteiger charge is 2.09. The van der Waals surface area contributed by atoms with E-state index in [2.05, 4.69) is 20.5 Å². The molecule has 9 heteroatoms. The fraction of sp³-hybridized carbons (Fsp3) is 0.231. The number of nitrogens with zero attached hydrogens (tertiary/aromatic N) is 2. The topological polar surface area (TPSA) is 108 Å². The average molecular weight is 341 g/mol. The number of amides is 1. The Morgan fingerprint density at radius 3 is 2.73 bits per heavy atom. The highest BCUT2D eigenvalue weighted by molar-refractivity contribution is 7.99. The van der Waals surface area contributed by atoms with Crippen molar-refractivity contribution in [3.63, 3.8) is 0 Å². The first kappa shape index (κ1) is 16.3. The van der Waals surface area contributed by atoms with Crippen molar-refractivity contribution in [2.75, 3.05) is 11.1 Å². The fourth-order valence-electron chi connectivity index (χ4n) is 1.54. The molecule has 2 rings (SSSR count). The van der Waals surface area contributed by atoms with E-state index in [4.69, 9.17) is 16.7 Å². The van der Waals surface area contributed by atoms with E-state index in [1.54, 1.807) is 24.3 Å². The molecule has 0 spiro atoms. The minimum Gasteiger partial charge on any atom is -0.481 e. The molecule has 7 nitrogen and oxygen atoms in total. The summed E-state index contributed by atoms with van der Waals surface area (Å²) in [6.45, 7) is 0. The standard InChI is InChI=1S/C13H13ClN4O3S/c14-8-1-3-9(4-2-8)15-11(19)7-22-13-16-10(17-18-13)5-6-12(20)21/h1-4H,5-7H2,(H,15,19)(H,20,21)(H,16,17,18). The Morgan fingerprint density at radius 2 is 2.05 bits per heavy atom. The lowest BCUT2D eigenvalue weighted by Gasteiger charge is -2.03. The number of aromatic nitrogens is 3. The fourth-order valence-corrected chi connectivity index (χ4v) is 2.28. The number of aryl methyl sites for hydroxylation is 1. The van der Waals surface area contributed by atoms with Crippen molar-refractivity contribution in [2.45, 2.75) is 18.0 Å². The van der Waals surface area contributed by atoms with Crippen LogP contribution in [0.1, 0.15) is 12.2 Å². The number of carboxylic acid groups (broad SMARTS) is 1. The third kappa shape index (κ3) is 5.38. The van der Waals surface area contributed by atoms with Gasteiger partial charge in [-0.25, -0.2) is 4.98 Å². The van der Waals surface area contributed by atoms with E-state index in [0.717, 1.165) is 0 Å². The molecular weight excluding hydrogens is 328 g/mol. The summed E-state index contributed by atoms with van der Waals surface area (Å²) in [5.41, 5.74) is 0.659. The Hall–Kier alpha value is -2.06. The van der Waals surface area contributed by atoms with Crippen LogP contribution in [0.25, 0.3) is 0 Å². The van der Waals surface area contributed by atoms with E-state index in [9.17, 15) is 9.59 Å². The van der Waals surface area contributed by atoms with Gasteiger partial charge in [-0.3, -0.25) is 14.7 Å². The number of carboxylic acids is 1. The molecule has 1 heterocycles. The zero-order valence-corrected chi connectivity index (χ0v) is 12.9. The highest BCUT2D eigenvalue weighted by atomic mass is 35.5. The summed E-state index contributed by atoms with van der Waals surface area (Å²) in [6.07, 6.45) is 0.260. The number of aliphatic carboxylic acids is 1. The van der Waals surface area contributed by atoms with Gasteiger partial charge in [-0.1, -0.05) is 23.4 Å². The van der Waals surface area contributed by atoms with E-state index < -0.39 is 5.97 Å². The second-order valence-corrected chi connectivity index (χ2v) is 5.68. The second kappa shape index (κ2) is 7.81. The van der Waals surface area contributed by atoms with Crippen LogP contribution in [0.15, 0.2) is 29.4 Å². The Labute approximate surface area is 135 Å². The maximum atomic E-state index is 11.8.